The smallest absolute Gasteiger partial charge is 0.262 e. The van der Waals surface area contributed by atoms with Crippen molar-refractivity contribution in [3.8, 4) is 0 Å². The number of hydrogen-bond donors (Lipinski definition) is 2. The number of anilines is 1. The lowest BCUT2D eigenvalue weighted by molar-refractivity contribution is -0.136. The highest BCUT2D eigenvalue weighted by Gasteiger charge is 2.44. The highest BCUT2D eigenvalue weighted by Crippen LogP contribution is 2.31. The van der Waals surface area contributed by atoms with Crippen LogP contribution in [0.2, 0.25) is 0 Å². The fourth-order valence-electron chi connectivity index (χ4n) is 4.36. The van der Waals surface area contributed by atoms with Crippen LogP contribution in [0.1, 0.15) is 46.9 Å². The van der Waals surface area contributed by atoms with Gasteiger partial charge in [0.25, 0.3) is 11.8 Å². The first-order valence-corrected chi connectivity index (χ1v) is 11.0. The third kappa shape index (κ3) is 4.22. The molecule has 4 rings (SSSR count). The molecule has 1 aromatic rings. The molecule has 5 amide bonds. The molecule has 170 valence electrons. The highest BCUT2D eigenvalue weighted by molar-refractivity contribution is 6.23. The van der Waals surface area contributed by atoms with Gasteiger partial charge in [-0.15, -0.1) is 0 Å². The molecule has 3 heterocycles. The summed E-state index contributed by atoms with van der Waals surface area (Å²) in [6.07, 6.45) is 0.722. The number of carbonyl (C=O) groups is 5. The summed E-state index contributed by atoms with van der Waals surface area (Å²) in [5, 5.41) is 5.09. The maximum absolute atomic E-state index is 13.0. The van der Waals surface area contributed by atoms with Gasteiger partial charge in [0.15, 0.2) is 0 Å². The molecule has 2 N–H and O–H groups in total. The molecule has 32 heavy (non-hydrogen) atoms. The van der Waals surface area contributed by atoms with E-state index < -0.39 is 29.7 Å². The Hall–Kier alpha value is -3.27. The van der Waals surface area contributed by atoms with Gasteiger partial charge in [-0.3, -0.25) is 39.1 Å². The average molecular weight is 441 g/mol. The van der Waals surface area contributed by atoms with Gasteiger partial charge in [0.2, 0.25) is 17.7 Å². The van der Waals surface area contributed by atoms with Crippen molar-refractivity contribution in [1.29, 1.82) is 0 Å². The molecule has 10 heteroatoms. The van der Waals surface area contributed by atoms with Gasteiger partial charge in [-0.05, 0) is 24.6 Å². The Balaban J connectivity index is 1.40. The van der Waals surface area contributed by atoms with Crippen molar-refractivity contribution >= 4 is 35.2 Å². The molecule has 0 bridgehead atoms. The topological polar surface area (TPSA) is 119 Å². The molecule has 0 aliphatic carbocycles. The summed E-state index contributed by atoms with van der Waals surface area (Å²) in [5.74, 6) is -1.94. The monoisotopic (exact) mass is 441 g/mol. The Bertz CT molecular complexity index is 969. The average Bonchev–Trinajstić information content (AvgIpc) is 3.04. The van der Waals surface area contributed by atoms with Crippen LogP contribution in [-0.4, -0.2) is 84.6 Å². The number of nitrogens with one attached hydrogen (secondary N) is 2. The number of piperazine rings is 1. The third-order valence-corrected chi connectivity index (χ3v) is 6.23. The van der Waals surface area contributed by atoms with Crippen molar-refractivity contribution in [2.24, 2.45) is 0 Å². The summed E-state index contributed by atoms with van der Waals surface area (Å²) in [6, 6.07) is 4.23. The molecule has 0 spiro atoms. The van der Waals surface area contributed by atoms with Crippen molar-refractivity contribution in [1.82, 2.24) is 20.4 Å². The van der Waals surface area contributed by atoms with Gasteiger partial charge < -0.3 is 10.2 Å². The summed E-state index contributed by atoms with van der Waals surface area (Å²) >= 11 is 0. The van der Waals surface area contributed by atoms with Crippen LogP contribution >= 0.6 is 0 Å². The predicted octanol–water partition coefficient (Wildman–Crippen LogP) is -0.264. The predicted molar refractivity (Wildman–Crippen MR) is 115 cm³/mol. The molecule has 3 aliphatic heterocycles. The van der Waals surface area contributed by atoms with Crippen LogP contribution in [0.25, 0.3) is 0 Å². The summed E-state index contributed by atoms with van der Waals surface area (Å²) in [7, 11) is 0. The second kappa shape index (κ2) is 9.07. The van der Waals surface area contributed by atoms with E-state index in [1.54, 1.807) is 12.1 Å². The quantitative estimate of drug-likeness (QED) is 0.584. The minimum Gasteiger partial charge on any atom is -0.369 e. The van der Waals surface area contributed by atoms with Crippen LogP contribution in [0.5, 0.6) is 0 Å². The molecule has 10 nitrogen and oxygen atoms in total. The van der Waals surface area contributed by atoms with Crippen molar-refractivity contribution in [3.63, 3.8) is 0 Å². The van der Waals surface area contributed by atoms with E-state index in [0.29, 0.717) is 18.5 Å². The minimum atomic E-state index is -0.958. The molecule has 3 aliphatic rings. The third-order valence-electron chi connectivity index (χ3n) is 6.23. The molecule has 1 atom stereocenters. The Morgan fingerprint density at radius 2 is 1.78 bits per heavy atom. The zero-order valence-electron chi connectivity index (χ0n) is 18.1. The number of imide groups is 2. The van der Waals surface area contributed by atoms with Crippen LogP contribution in [0.15, 0.2) is 18.2 Å². The Morgan fingerprint density at radius 1 is 1.06 bits per heavy atom. The van der Waals surface area contributed by atoms with E-state index in [1.165, 1.54) is 0 Å². The standard InChI is InChI=1S/C22H27N5O5/c1-2-18(28)23-7-8-25-9-11-26(12-10-25)14-3-4-15-16(13-14)22(32)27(21(15)31)17-5-6-19(29)24-20(17)30/h3-4,13,17H,2,5-12H2,1H3,(H,23,28)(H,24,29,30). The van der Waals surface area contributed by atoms with Gasteiger partial charge in [0, 0.05) is 57.8 Å². The number of amides is 5. The molecule has 0 radical (unpaired) electrons. The number of rotatable bonds is 6. The molecule has 1 unspecified atom stereocenters. The van der Waals surface area contributed by atoms with Crippen molar-refractivity contribution < 1.29 is 24.0 Å². The maximum Gasteiger partial charge on any atom is 0.262 e. The number of benzene rings is 1. The second-order valence-electron chi connectivity index (χ2n) is 8.21. The summed E-state index contributed by atoms with van der Waals surface area (Å²) in [4.78, 5) is 66.2. The SMILES string of the molecule is CCC(=O)NCCN1CCN(c2ccc3c(c2)C(=O)N(C2CCC(=O)NC2=O)C3=O)CC1. The van der Waals surface area contributed by atoms with Gasteiger partial charge in [-0.2, -0.15) is 0 Å². The highest BCUT2D eigenvalue weighted by atomic mass is 16.2. The van der Waals surface area contributed by atoms with Crippen LogP contribution in [0.4, 0.5) is 5.69 Å². The molecule has 1 aromatic carbocycles. The number of fused-ring (bicyclic) bond motifs is 1. The van der Waals surface area contributed by atoms with Crippen LogP contribution in [-0.2, 0) is 14.4 Å². The first-order valence-electron chi connectivity index (χ1n) is 11.0. The van der Waals surface area contributed by atoms with Gasteiger partial charge >= 0.3 is 0 Å². The summed E-state index contributed by atoms with van der Waals surface area (Å²) < 4.78 is 0. The normalized spacial score (nSPS) is 21.6. The first kappa shape index (κ1) is 21.9. The lowest BCUT2D eigenvalue weighted by Gasteiger charge is -2.36. The van der Waals surface area contributed by atoms with E-state index in [4.69, 9.17) is 0 Å². The second-order valence-corrected chi connectivity index (χ2v) is 8.21. The number of hydrogen-bond acceptors (Lipinski definition) is 7. The fraction of sp³-hybridized carbons (Fsp3) is 0.500. The van der Waals surface area contributed by atoms with E-state index in [-0.39, 0.29) is 24.3 Å². The molecule has 2 fully saturated rings. The van der Waals surface area contributed by atoms with Gasteiger partial charge in [-0.25, -0.2) is 0 Å². The lowest BCUT2D eigenvalue weighted by Crippen LogP contribution is -2.54. The van der Waals surface area contributed by atoms with Crippen LogP contribution < -0.4 is 15.5 Å². The molecule has 0 saturated carbocycles. The zero-order chi connectivity index (χ0) is 22.8. The Morgan fingerprint density at radius 3 is 2.47 bits per heavy atom. The van der Waals surface area contributed by atoms with Gasteiger partial charge in [-0.1, -0.05) is 6.92 Å². The van der Waals surface area contributed by atoms with Crippen LogP contribution in [0, 0.1) is 0 Å². The first-order chi connectivity index (χ1) is 15.4. The number of piperidine rings is 1. The molecule has 0 aromatic heterocycles. The maximum atomic E-state index is 13.0. The zero-order valence-corrected chi connectivity index (χ0v) is 18.1. The van der Waals surface area contributed by atoms with Crippen molar-refractivity contribution in [2.75, 3.05) is 44.2 Å². The number of nitrogens with zero attached hydrogens (tertiary/aromatic N) is 3. The largest absolute Gasteiger partial charge is 0.369 e. The fourth-order valence-corrected chi connectivity index (χ4v) is 4.36. The Kier molecular flexibility index (Phi) is 6.22. The molecule has 2 saturated heterocycles. The van der Waals surface area contributed by atoms with E-state index in [2.05, 4.69) is 20.4 Å². The van der Waals surface area contributed by atoms with E-state index in [9.17, 15) is 24.0 Å². The van der Waals surface area contributed by atoms with Crippen molar-refractivity contribution in [2.45, 2.75) is 32.2 Å². The minimum absolute atomic E-state index is 0.0485. The molecular formula is C22H27N5O5. The lowest BCUT2D eigenvalue weighted by atomic mass is 10.0. The molecular weight excluding hydrogens is 414 g/mol. The van der Waals surface area contributed by atoms with Crippen molar-refractivity contribution in [3.05, 3.63) is 29.3 Å². The Labute approximate surface area is 185 Å². The van der Waals surface area contributed by atoms with E-state index in [0.717, 1.165) is 43.3 Å². The van der Waals surface area contributed by atoms with Gasteiger partial charge in [0.05, 0.1) is 11.1 Å². The van der Waals surface area contributed by atoms with Gasteiger partial charge in [0.1, 0.15) is 6.04 Å². The van der Waals surface area contributed by atoms with E-state index in [1.807, 2.05) is 13.0 Å². The summed E-state index contributed by atoms with van der Waals surface area (Å²) in [5.41, 5.74) is 1.43. The number of carbonyl (C=O) groups excluding carboxylic acids is 5. The van der Waals surface area contributed by atoms with Crippen LogP contribution in [0.3, 0.4) is 0 Å². The van der Waals surface area contributed by atoms with E-state index >= 15 is 0 Å². The summed E-state index contributed by atoms with van der Waals surface area (Å²) in [6.45, 7) is 6.42.